The summed E-state index contributed by atoms with van der Waals surface area (Å²) >= 11 is 1.36. The van der Waals surface area contributed by atoms with Crippen molar-refractivity contribution in [2.75, 3.05) is 0 Å². The summed E-state index contributed by atoms with van der Waals surface area (Å²) in [6.45, 7) is 4.96. The Morgan fingerprint density at radius 2 is 2.14 bits per heavy atom. The van der Waals surface area contributed by atoms with Gasteiger partial charge in [0.2, 0.25) is 5.91 Å². The molecule has 0 fully saturated rings. The highest BCUT2D eigenvalue weighted by atomic mass is 32.1. The van der Waals surface area contributed by atoms with Crippen molar-refractivity contribution in [2.24, 2.45) is 0 Å². The monoisotopic (exact) mass is 324 g/mol. The van der Waals surface area contributed by atoms with Crippen molar-refractivity contribution in [2.45, 2.75) is 32.9 Å². The van der Waals surface area contributed by atoms with Gasteiger partial charge < -0.3 is 9.73 Å². The van der Waals surface area contributed by atoms with Crippen molar-refractivity contribution >= 4 is 23.3 Å². The first kappa shape index (κ1) is 16.0. The Kier molecular flexibility index (Phi) is 4.45. The van der Waals surface area contributed by atoms with Crippen LogP contribution in [0.4, 0.5) is 4.79 Å². The van der Waals surface area contributed by atoms with Crippen molar-refractivity contribution in [3.8, 4) is 10.8 Å². The van der Waals surface area contributed by atoms with Crippen molar-refractivity contribution in [3.63, 3.8) is 0 Å². The Morgan fingerprint density at radius 3 is 2.73 bits per heavy atom. The maximum absolute atomic E-state index is 11.7. The third-order valence-electron chi connectivity index (χ3n) is 2.37. The number of urea groups is 1. The highest BCUT2D eigenvalue weighted by Crippen LogP contribution is 2.20. The molecule has 9 heteroatoms. The minimum atomic E-state index is -0.755. The molecule has 0 aliphatic heterocycles. The summed E-state index contributed by atoms with van der Waals surface area (Å²) in [5.41, 5.74) is -0.471. The van der Waals surface area contributed by atoms with Gasteiger partial charge in [0, 0.05) is 5.54 Å². The molecular formula is C13H16N4O4S. The zero-order valence-corrected chi connectivity index (χ0v) is 13.2. The first-order valence-corrected chi connectivity index (χ1v) is 7.36. The third-order valence-corrected chi connectivity index (χ3v) is 3.23. The molecule has 22 heavy (non-hydrogen) atoms. The molecule has 0 atom stereocenters. The van der Waals surface area contributed by atoms with Gasteiger partial charge in [-0.3, -0.25) is 10.1 Å². The number of carbonyl (C=O) groups excluding carboxylic acids is 2. The van der Waals surface area contributed by atoms with Crippen LogP contribution in [0.2, 0.25) is 0 Å². The molecule has 8 nitrogen and oxygen atoms in total. The quantitative estimate of drug-likeness (QED) is 0.882. The fraction of sp³-hybridized carbons (Fsp3) is 0.385. The summed E-state index contributed by atoms with van der Waals surface area (Å²) in [6, 6.07) is 2.91. The molecule has 118 valence electrons. The molecule has 0 spiro atoms. The Morgan fingerprint density at radius 1 is 1.41 bits per heavy atom. The van der Waals surface area contributed by atoms with Gasteiger partial charge in [-0.15, -0.1) is 16.4 Å². The number of nitrogens with zero attached hydrogens (tertiary/aromatic N) is 2. The second-order valence-electron chi connectivity index (χ2n) is 5.56. The summed E-state index contributed by atoms with van der Waals surface area (Å²) in [5.74, 6) is -1.27. The van der Waals surface area contributed by atoms with Crippen LogP contribution in [-0.4, -0.2) is 27.3 Å². The predicted molar refractivity (Wildman–Crippen MR) is 80.5 cm³/mol. The second-order valence-corrected chi connectivity index (χ2v) is 6.51. The Hall–Kier alpha value is -2.42. The van der Waals surface area contributed by atoms with Gasteiger partial charge in [-0.1, -0.05) is 6.07 Å². The zero-order valence-electron chi connectivity index (χ0n) is 12.4. The number of rotatable bonds is 3. The minimum Gasteiger partial charge on any atom is -0.387 e. The average Bonchev–Trinajstić information content (AvgIpc) is 2.96. The molecular weight excluding hydrogens is 308 g/mol. The number of amides is 3. The average molecular weight is 324 g/mol. The molecule has 2 rings (SSSR count). The Labute approximate surface area is 130 Å². The normalized spacial score (nSPS) is 11.2. The van der Waals surface area contributed by atoms with E-state index in [9.17, 15) is 14.4 Å². The van der Waals surface area contributed by atoms with E-state index in [-0.39, 0.29) is 5.89 Å². The van der Waals surface area contributed by atoms with E-state index in [0.717, 1.165) is 4.68 Å². The number of nitrogens with one attached hydrogen (secondary N) is 2. The molecule has 0 bridgehead atoms. The maximum atomic E-state index is 11.7. The molecule has 2 N–H and O–H groups in total. The molecule has 0 aliphatic carbocycles. The highest BCUT2D eigenvalue weighted by molar-refractivity contribution is 7.13. The van der Waals surface area contributed by atoms with Crippen LogP contribution in [0.25, 0.3) is 10.8 Å². The number of hydrogen-bond acceptors (Lipinski definition) is 6. The predicted octanol–water partition coefficient (Wildman–Crippen LogP) is 1.19. The summed E-state index contributed by atoms with van der Waals surface area (Å²) < 4.78 is 5.84. The van der Waals surface area contributed by atoms with Crippen molar-refractivity contribution in [3.05, 3.63) is 28.1 Å². The van der Waals surface area contributed by atoms with E-state index in [0.29, 0.717) is 4.88 Å². The van der Waals surface area contributed by atoms with Crippen molar-refractivity contribution in [1.29, 1.82) is 0 Å². The first-order chi connectivity index (χ1) is 10.2. The van der Waals surface area contributed by atoms with E-state index in [2.05, 4.69) is 15.7 Å². The van der Waals surface area contributed by atoms with Crippen LogP contribution in [0, 0.1) is 0 Å². The highest BCUT2D eigenvalue weighted by Gasteiger charge is 2.18. The van der Waals surface area contributed by atoms with Gasteiger partial charge in [-0.25, -0.2) is 9.59 Å². The second kappa shape index (κ2) is 6.14. The van der Waals surface area contributed by atoms with Crippen LogP contribution in [0.1, 0.15) is 20.8 Å². The fourth-order valence-corrected chi connectivity index (χ4v) is 2.22. The van der Waals surface area contributed by atoms with Gasteiger partial charge in [-0.05, 0) is 32.2 Å². The Bertz CT molecular complexity index is 724. The summed E-state index contributed by atoms with van der Waals surface area (Å²) in [5, 5.41) is 10.5. The topological polar surface area (TPSA) is 106 Å². The van der Waals surface area contributed by atoms with E-state index in [1.807, 2.05) is 5.38 Å². The van der Waals surface area contributed by atoms with Crippen LogP contribution in [0.3, 0.4) is 0 Å². The van der Waals surface area contributed by atoms with E-state index in [1.165, 1.54) is 11.3 Å². The van der Waals surface area contributed by atoms with E-state index in [1.54, 1.807) is 32.9 Å². The molecule has 0 saturated carbocycles. The van der Waals surface area contributed by atoms with Crippen LogP contribution in [0.5, 0.6) is 0 Å². The molecule has 2 aromatic rings. The lowest BCUT2D eigenvalue weighted by Gasteiger charge is -2.20. The number of imide groups is 1. The smallest absolute Gasteiger partial charge is 0.387 e. The standard InChI is InChI=1S/C13H16N4O4S/c1-13(2,3)15-11(19)14-9(18)7-17-12(20)21-10(16-17)8-5-4-6-22-8/h4-6H,7H2,1-3H3,(H2,14,15,18,19). The Balaban J connectivity index is 2.01. The zero-order chi connectivity index (χ0) is 16.3. The van der Waals surface area contributed by atoms with Gasteiger partial charge in [0.1, 0.15) is 6.54 Å². The third kappa shape index (κ3) is 4.29. The van der Waals surface area contributed by atoms with Gasteiger partial charge in [0.25, 0.3) is 5.89 Å². The molecule has 2 aromatic heterocycles. The van der Waals surface area contributed by atoms with Crippen LogP contribution in [0.15, 0.2) is 26.7 Å². The summed E-state index contributed by atoms with van der Waals surface area (Å²) in [6.07, 6.45) is 0. The number of thiophene rings is 1. The van der Waals surface area contributed by atoms with Gasteiger partial charge in [0.15, 0.2) is 0 Å². The lowest BCUT2D eigenvalue weighted by Crippen LogP contribution is -2.49. The van der Waals surface area contributed by atoms with Crippen molar-refractivity contribution in [1.82, 2.24) is 20.4 Å². The van der Waals surface area contributed by atoms with Gasteiger partial charge >= 0.3 is 11.8 Å². The van der Waals surface area contributed by atoms with E-state index < -0.39 is 29.8 Å². The summed E-state index contributed by atoms with van der Waals surface area (Å²) in [7, 11) is 0. The van der Waals surface area contributed by atoms with Gasteiger partial charge in [0.05, 0.1) is 4.88 Å². The van der Waals surface area contributed by atoms with Crippen LogP contribution >= 0.6 is 11.3 Å². The van der Waals surface area contributed by atoms with E-state index in [4.69, 9.17) is 4.42 Å². The largest absolute Gasteiger partial charge is 0.437 e. The fourth-order valence-electron chi connectivity index (χ4n) is 1.58. The molecule has 0 radical (unpaired) electrons. The lowest BCUT2D eigenvalue weighted by atomic mass is 10.1. The van der Waals surface area contributed by atoms with Gasteiger partial charge in [-0.2, -0.15) is 4.68 Å². The first-order valence-electron chi connectivity index (χ1n) is 6.48. The van der Waals surface area contributed by atoms with Crippen LogP contribution in [-0.2, 0) is 11.3 Å². The maximum Gasteiger partial charge on any atom is 0.437 e. The molecule has 0 aromatic carbocycles. The minimum absolute atomic E-state index is 0.145. The molecule has 2 heterocycles. The molecule has 3 amide bonds. The molecule has 0 unspecified atom stereocenters. The summed E-state index contributed by atoms with van der Waals surface area (Å²) in [4.78, 5) is 35.6. The van der Waals surface area contributed by atoms with Crippen LogP contribution < -0.4 is 16.4 Å². The van der Waals surface area contributed by atoms with E-state index >= 15 is 0 Å². The number of carbonyl (C=O) groups is 2. The molecule has 0 aliphatic rings. The number of aromatic nitrogens is 2. The lowest BCUT2D eigenvalue weighted by molar-refractivity contribution is -0.120. The van der Waals surface area contributed by atoms with Crippen molar-refractivity contribution < 1.29 is 14.0 Å². The number of hydrogen-bond donors (Lipinski definition) is 2. The SMILES string of the molecule is CC(C)(C)NC(=O)NC(=O)Cn1nc(-c2cccs2)oc1=O. The molecule has 0 saturated heterocycles.